The molecule has 5 N–H and O–H groups in total. The topological polar surface area (TPSA) is 148 Å². The van der Waals surface area contributed by atoms with Crippen LogP contribution in [0.25, 0.3) is 0 Å². The molecule has 1 aliphatic rings. The zero-order valence-electron chi connectivity index (χ0n) is 11.3. The van der Waals surface area contributed by atoms with Gasteiger partial charge in [0.1, 0.15) is 24.1 Å². The summed E-state index contributed by atoms with van der Waals surface area (Å²) in [7, 11) is 0. The van der Waals surface area contributed by atoms with Crippen molar-refractivity contribution in [3.8, 4) is 0 Å². The first-order valence-corrected chi connectivity index (χ1v) is 6.42. The molecule has 4 atom stereocenters. The van der Waals surface area contributed by atoms with Gasteiger partial charge in [-0.05, 0) is 6.07 Å². The minimum atomic E-state index is -2.13. The van der Waals surface area contributed by atoms with Crippen LogP contribution in [0.4, 0.5) is 5.82 Å². The molecule has 9 heteroatoms. The van der Waals surface area contributed by atoms with E-state index < -0.39 is 42.1 Å². The fraction of sp³-hybridized carbons (Fsp3) is 0.583. The Morgan fingerprint density at radius 1 is 1.57 bits per heavy atom. The first kappa shape index (κ1) is 15.6. The van der Waals surface area contributed by atoms with Crippen LogP contribution in [-0.2, 0) is 15.3 Å². The molecule has 0 bridgehead atoms. The third-order valence-corrected chi connectivity index (χ3v) is 3.52. The van der Waals surface area contributed by atoms with Gasteiger partial charge in [0.25, 0.3) is 0 Å². The van der Waals surface area contributed by atoms with Crippen molar-refractivity contribution in [2.45, 2.75) is 37.4 Å². The Morgan fingerprint density at radius 3 is 2.71 bits per heavy atom. The molecule has 2 rings (SSSR count). The van der Waals surface area contributed by atoms with Gasteiger partial charge >= 0.3 is 5.69 Å². The van der Waals surface area contributed by atoms with Gasteiger partial charge in [-0.25, -0.2) is 4.79 Å². The predicted octanol–water partition coefficient (Wildman–Crippen LogP) is -2.43. The van der Waals surface area contributed by atoms with Crippen molar-refractivity contribution in [3.63, 3.8) is 0 Å². The van der Waals surface area contributed by atoms with Gasteiger partial charge in [-0.1, -0.05) is 6.92 Å². The smallest absolute Gasteiger partial charge is 0.352 e. The Hall–Kier alpha value is -1.81. The average molecular weight is 299 g/mol. The highest BCUT2D eigenvalue weighted by Crippen LogP contribution is 2.36. The van der Waals surface area contributed by atoms with Crippen LogP contribution in [0.5, 0.6) is 0 Å². The molecule has 0 radical (unpaired) electrons. The number of rotatable bonds is 4. The summed E-state index contributed by atoms with van der Waals surface area (Å²) in [5.74, 6) is -0.680. The lowest BCUT2D eigenvalue weighted by atomic mass is 9.96. The van der Waals surface area contributed by atoms with E-state index in [2.05, 4.69) is 4.98 Å². The fourth-order valence-electron chi connectivity index (χ4n) is 2.44. The highest BCUT2D eigenvalue weighted by molar-refractivity contribution is 5.86. The van der Waals surface area contributed by atoms with Crippen molar-refractivity contribution in [1.82, 2.24) is 9.55 Å². The number of nitrogens with zero attached hydrogens (tertiary/aromatic N) is 2. The SMILES string of the molecule is CCC(=O)[C@@]1(n2ccc(N)nc2=O)O[C@H](CO)[C@@H](O)[C@H]1O. The number of ether oxygens (including phenoxy) is 1. The summed E-state index contributed by atoms with van der Waals surface area (Å²) >= 11 is 0. The molecule has 0 aromatic carbocycles. The molecule has 21 heavy (non-hydrogen) atoms. The summed E-state index contributed by atoms with van der Waals surface area (Å²) in [6, 6.07) is 1.26. The lowest BCUT2D eigenvalue weighted by Crippen LogP contribution is -2.55. The summed E-state index contributed by atoms with van der Waals surface area (Å²) in [5, 5.41) is 29.3. The van der Waals surface area contributed by atoms with Gasteiger partial charge in [-0.2, -0.15) is 4.98 Å². The standard InChI is InChI=1S/C12H17N3O6/c1-2-7(17)12(10(19)9(18)6(5-16)21-12)15-4-3-8(13)14-11(15)20/h3-4,6,9-10,16,18-19H,2,5H2,1H3,(H2,13,14,20)/t6-,9-,10-,12-/m1/s1. The second-order valence-corrected chi connectivity index (χ2v) is 4.75. The number of hydrogen-bond acceptors (Lipinski definition) is 8. The van der Waals surface area contributed by atoms with Crippen LogP contribution in [-0.4, -0.2) is 55.6 Å². The maximum absolute atomic E-state index is 12.3. The van der Waals surface area contributed by atoms with E-state index in [1.807, 2.05) is 0 Å². The molecule has 1 saturated heterocycles. The van der Waals surface area contributed by atoms with Crippen molar-refractivity contribution < 1.29 is 24.9 Å². The van der Waals surface area contributed by atoms with E-state index in [0.29, 0.717) is 0 Å². The van der Waals surface area contributed by atoms with Gasteiger partial charge in [0.05, 0.1) is 6.61 Å². The van der Waals surface area contributed by atoms with Crippen molar-refractivity contribution in [3.05, 3.63) is 22.7 Å². The van der Waals surface area contributed by atoms with Crippen LogP contribution in [0.1, 0.15) is 13.3 Å². The lowest BCUT2D eigenvalue weighted by Gasteiger charge is -2.31. The maximum atomic E-state index is 12.3. The van der Waals surface area contributed by atoms with Gasteiger partial charge in [-0.3, -0.25) is 9.36 Å². The van der Waals surface area contributed by atoms with E-state index in [0.717, 1.165) is 10.8 Å². The number of carbonyl (C=O) groups is 1. The van der Waals surface area contributed by atoms with E-state index in [-0.39, 0.29) is 12.2 Å². The zero-order chi connectivity index (χ0) is 15.8. The van der Waals surface area contributed by atoms with Crippen LogP contribution in [0.3, 0.4) is 0 Å². The van der Waals surface area contributed by atoms with E-state index in [9.17, 15) is 24.9 Å². The Bertz CT molecular complexity index is 603. The van der Waals surface area contributed by atoms with Gasteiger partial charge in [-0.15, -0.1) is 0 Å². The second kappa shape index (κ2) is 5.53. The fourth-order valence-corrected chi connectivity index (χ4v) is 2.44. The molecule has 0 unspecified atom stereocenters. The van der Waals surface area contributed by atoms with Crippen molar-refractivity contribution in [2.75, 3.05) is 12.3 Å². The highest BCUT2D eigenvalue weighted by Gasteiger charge is 2.59. The van der Waals surface area contributed by atoms with Gasteiger partial charge in [0, 0.05) is 12.6 Å². The number of Topliss-reactive ketones (excluding diaryl/α,β-unsaturated/α-hetero) is 1. The number of aromatic nitrogens is 2. The summed E-state index contributed by atoms with van der Waals surface area (Å²) in [6.45, 7) is 0.905. The number of hydrogen-bond donors (Lipinski definition) is 4. The molecule has 9 nitrogen and oxygen atoms in total. The average Bonchev–Trinajstić information content (AvgIpc) is 2.72. The Balaban J connectivity index is 2.64. The summed E-state index contributed by atoms with van der Waals surface area (Å²) < 4.78 is 6.16. The highest BCUT2D eigenvalue weighted by atomic mass is 16.6. The quantitative estimate of drug-likeness (QED) is 0.479. The minimum Gasteiger partial charge on any atom is -0.394 e. The lowest BCUT2D eigenvalue weighted by molar-refractivity contribution is -0.175. The second-order valence-electron chi connectivity index (χ2n) is 4.75. The third kappa shape index (κ3) is 2.23. The molecule has 1 fully saturated rings. The van der Waals surface area contributed by atoms with E-state index in [4.69, 9.17) is 10.5 Å². The minimum absolute atomic E-state index is 0.0536. The van der Waals surface area contributed by atoms with Gasteiger partial charge < -0.3 is 25.8 Å². The van der Waals surface area contributed by atoms with Crippen molar-refractivity contribution >= 4 is 11.6 Å². The first-order valence-electron chi connectivity index (χ1n) is 6.42. The van der Waals surface area contributed by atoms with Crippen molar-refractivity contribution in [2.24, 2.45) is 0 Å². The van der Waals surface area contributed by atoms with Crippen LogP contribution in [0.15, 0.2) is 17.1 Å². The predicted molar refractivity (Wildman–Crippen MR) is 70.2 cm³/mol. The molecule has 2 heterocycles. The summed E-state index contributed by atoms with van der Waals surface area (Å²) in [5.41, 5.74) is 2.36. The summed E-state index contributed by atoms with van der Waals surface area (Å²) in [4.78, 5) is 27.8. The van der Waals surface area contributed by atoms with Crippen LogP contribution >= 0.6 is 0 Å². The molecule has 0 saturated carbocycles. The number of ketones is 1. The van der Waals surface area contributed by atoms with E-state index >= 15 is 0 Å². The Kier molecular flexibility index (Phi) is 4.10. The van der Waals surface area contributed by atoms with Crippen LogP contribution < -0.4 is 11.4 Å². The normalized spacial score (nSPS) is 32.3. The molecule has 1 aromatic heterocycles. The molecule has 0 amide bonds. The van der Waals surface area contributed by atoms with Crippen molar-refractivity contribution in [1.29, 1.82) is 0 Å². The van der Waals surface area contributed by atoms with Crippen LogP contribution in [0, 0.1) is 0 Å². The van der Waals surface area contributed by atoms with Gasteiger partial charge in [0.2, 0.25) is 5.72 Å². The summed E-state index contributed by atoms with van der Waals surface area (Å²) in [6.07, 6.45) is -3.33. The number of aliphatic hydroxyl groups is 3. The van der Waals surface area contributed by atoms with E-state index in [1.54, 1.807) is 0 Å². The molecule has 0 spiro atoms. The van der Waals surface area contributed by atoms with Crippen LogP contribution in [0.2, 0.25) is 0 Å². The number of nitrogen functional groups attached to an aromatic ring is 1. The largest absolute Gasteiger partial charge is 0.394 e. The number of aliphatic hydroxyl groups excluding tert-OH is 3. The number of nitrogens with two attached hydrogens (primary N) is 1. The third-order valence-electron chi connectivity index (χ3n) is 3.52. The first-order chi connectivity index (χ1) is 9.88. The Labute approximate surface area is 119 Å². The number of anilines is 1. The monoisotopic (exact) mass is 299 g/mol. The van der Waals surface area contributed by atoms with E-state index in [1.165, 1.54) is 13.0 Å². The molecular weight excluding hydrogens is 282 g/mol. The molecule has 0 aliphatic carbocycles. The Morgan fingerprint density at radius 2 is 2.24 bits per heavy atom. The molecule has 1 aromatic rings. The zero-order valence-corrected chi connectivity index (χ0v) is 11.3. The molecule has 116 valence electrons. The van der Waals surface area contributed by atoms with Gasteiger partial charge in [0.15, 0.2) is 5.78 Å². The maximum Gasteiger partial charge on any atom is 0.352 e. The molecular formula is C12H17N3O6. The molecule has 1 aliphatic heterocycles. The number of carbonyl (C=O) groups excluding carboxylic acids is 1.